The monoisotopic (exact) mass is 365 g/mol. The standard InChI is InChI=1S/C24H31NO2/c1-5-18-13-14-23(27-17-26-4)21(16-18)20-11-9-10-19(6-2)24(20)22-12-7-8-15-25(22)3/h6,9-11,13-14,16,22H,2,5,7-8,12,15,17H2,1,3-4H3. The number of rotatable bonds is 7. The summed E-state index contributed by atoms with van der Waals surface area (Å²) in [7, 11) is 3.89. The number of hydrogen-bond acceptors (Lipinski definition) is 3. The molecule has 1 heterocycles. The fourth-order valence-electron chi connectivity index (χ4n) is 4.06. The van der Waals surface area contributed by atoms with Gasteiger partial charge in [-0.15, -0.1) is 0 Å². The van der Waals surface area contributed by atoms with Crippen molar-refractivity contribution in [3.8, 4) is 16.9 Å². The molecule has 0 spiro atoms. The van der Waals surface area contributed by atoms with Crippen molar-refractivity contribution in [2.75, 3.05) is 27.5 Å². The molecule has 0 saturated carbocycles. The second kappa shape index (κ2) is 9.20. The van der Waals surface area contributed by atoms with Crippen LogP contribution in [0.5, 0.6) is 5.75 Å². The van der Waals surface area contributed by atoms with Crippen LogP contribution >= 0.6 is 0 Å². The number of likely N-dealkylation sites (tertiary alicyclic amines) is 1. The molecule has 0 amide bonds. The van der Waals surface area contributed by atoms with E-state index in [4.69, 9.17) is 9.47 Å². The van der Waals surface area contributed by atoms with Gasteiger partial charge in [0.05, 0.1) is 0 Å². The molecule has 2 aromatic rings. The Kier molecular flexibility index (Phi) is 6.70. The minimum absolute atomic E-state index is 0.248. The topological polar surface area (TPSA) is 21.7 Å². The largest absolute Gasteiger partial charge is 0.467 e. The van der Waals surface area contributed by atoms with Gasteiger partial charge in [0, 0.05) is 18.7 Å². The van der Waals surface area contributed by atoms with Crippen LogP contribution in [-0.4, -0.2) is 32.4 Å². The zero-order chi connectivity index (χ0) is 19.2. The third-order valence-electron chi connectivity index (χ3n) is 5.54. The van der Waals surface area contributed by atoms with Crippen molar-refractivity contribution in [1.82, 2.24) is 4.90 Å². The summed E-state index contributed by atoms with van der Waals surface area (Å²) in [6.45, 7) is 7.65. The van der Waals surface area contributed by atoms with Crippen molar-refractivity contribution in [2.45, 2.75) is 38.6 Å². The summed E-state index contributed by atoms with van der Waals surface area (Å²) in [5.74, 6) is 0.870. The zero-order valence-corrected chi connectivity index (χ0v) is 16.8. The maximum Gasteiger partial charge on any atom is 0.188 e. The van der Waals surface area contributed by atoms with E-state index in [0.717, 1.165) is 24.3 Å². The molecule has 3 nitrogen and oxygen atoms in total. The van der Waals surface area contributed by atoms with Gasteiger partial charge in [-0.3, -0.25) is 4.90 Å². The highest BCUT2D eigenvalue weighted by molar-refractivity contribution is 5.78. The molecule has 27 heavy (non-hydrogen) atoms. The summed E-state index contributed by atoms with van der Waals surface area (Å²) in [6, 6.07) is 13.4. The first-order chi connectivity index (χ1) is 13.2. The number of hydrogen-bond donors (Lipinski definition) is 0. The molecule has 0 aromatic heterocycles. The fraction of sp³-hybridized carbons (Fsp3) is 0.417. The molecule has 0 aliphatic carbocycles. The SMILES string of the molecule is C=Cc1cccc(-c2cc(CC)ccc2OCOC)c1C1CCCCN1C. The molecule has 1 fully saturated rings. The summed E-state index contributed by atoms with van der Waals surface area (Å²) >= 11 is 0. The molecule has 1 aliphatic heterocycles. The van der Waals surface area contributed by atoms with Gasteiger partial charge in [0.25, 0.3) is 0 Å². The maximum absolute atomic E-state index is 5.92. The molecular formula is C24H31NO2. The average Bonchev–Trinajstić information content (AvgIpc) is 2.72. The molecule has 2 aromatic carbocycles. The van der Waals surface area contributed by atoms with Crippen LogP contribution in [0.3, 0.4) is 0 Å². The quantitative estimate of drug-likeness (QED) is 0.588. The van der Waals surface area contributed by atoms with Crippen LogP contribution in [0.1, 0.15) is 48.9 Å². The van der Waals surface area contributed by atoms with Gasteiger partial charge in [-0.2, -0.15) is 0 Å². The van der Waals surface area contributed by atoms with Gasteiger partial charge in [0.15, 0.2) is 6.79 Å². The van der Waals surface area contributed by atoms with Gasteiger partial charge in [0.1, 0.15) is 5.75 Å². The highest BCUT2D eigenvalue weighted by atomic mass is 16.7. The van der Waals surface area contributed by atoms with E-state index in [2.05, 4.69) is 61.8 Å². The number of nitrogens with zero attached hydrogens (tertiary/aromatic N) is 1. The highest BCUT2D eigenvalue weighted by Gasteiger charge is 2.26. The van der Waals surface area contributed by atoms with Crippen LogP contribution in [0.15, 0.2) is 43.0 Å². The van der Waals surface area contributed by atoms with Crippen molar-refractivity contribution in [3.05, 3.63) is 59.7 Å². The molecule has 0 N–H and O–H groups in total. The van der Waals surface area contributed by atoms with E-state index in [9.17, 15) is 0 Å². The van der Waals surface area contributed by atoms with E-state index in [1.165, 1.54) is 41.5 Å². The minimum atomic E-state index is 0.248. The molecule has 3 heteroatoms. The fourth-order valence-corrected chi connectivity index (χ4v) is 4.06. The molecule has 144 valence electrons. The first-order valence-corrected chi connectivity index (χ1v) is 9.90. The van der Waals surface area contributed by atoms with Crippen LogP contribution in [-0.2, 0) is 11.2 Å². The number of benzene rings is 2. The molecular weight excluding hydrogens is 334 g/mol. The lowest BCUT2D eigenvalue weighted by molar-refractivity contribution is 0.0515. The summed E-state index contributed by atoms with van der Waals surface area (Å²) < 4.78 is 11.1. The molecule has 0 radical (unpaired) electrons. The van der Waals surface area contributed by atoms with Gasteiger partial charge in [-0.05, 0) is 67.2 Å². The van der Waals surface area contributed by atoms with Crippen molar-refractivity contribution < 1.29 is 9.47 Å². The van der Waals surface area contributed by atoms with Gasteiger partial charge in [-0.25, -0.2) is 0 Å². The molecule has 1 aliphatic rings. The predicted octanol–water partition coefficient (Wildman–Crippen LogP) is 5.70. The first kappa shape index (κ1) is 19.7. The lowest BCUT2D eigenvalue weighted by Crippen LogP contribution is -2.30. The van der Waals surface area contributed by atoms with Crippen LogP contribution in [0.4, 0.5) is 0 Å². The van der Waals surface area contributed by atoms with E-state index in [1.807, 2.05) is 6.08 Å². The Bertz CT molecular complexity index is 784. The summed E-state index contributed by atoms with van der Waals surface area (Å²) in [5, 5.41) is 0. The molecule has 1 unspecified atom stereocenters. The van der Waals surface area contributed by atoms with Gasteiger partial charge < -0.3 is 9.47 Å². The lowest BCUT2D eigenvalue weighted by atomic mass is 9.85. The third-order valence-corrected chi connectivity index (χ3v) is 5.54. The molecule has 0 bridgehead atoms. The predicted molar refractivity (Wildman–Crippen MR) is 113 cm³/mol. The van der Waals surface area contributed by atoms with Crippen molar-refractivity contribution in [3.63, 3.8) is 0 Å². The van der Waals surface area contributed by atoms with Gasteiger partial charge >= 0.3 is 0 Å². The summed E-state index contributed by atoms with van der Waals surface area (Å²) in [5.41, 5.74) is 6.27. The molecule has 1 atom stereocenters. The highest BCUT2D eigenvalue weighted by Crippen LogP contribution is 2.42. The Morgan fingerprint density at radius 1 is 1.19 bits per heavy atom. The zero-order valence-electron chi connectivity index (χ0n) is 16.8. The van der Waals surface area contributed by atoms with Crippen molar-refractivity contribution in [1.29, 1.82) is 0 Å². The van der Waals surface area contributed by atoms with E-state index >= 15 is 0 Å². The van der Waals surface area contributed by atoms with Crippen LogP contribution in [0, 0.1) is 0 Å². The van der Waals surface area contributed by atoms with Gasteiger partial charge in [0.2, 0.25) is 0 Å². The van der Waals surface area contributed by atoms with E-state index in [0.29, 0.717) is 6.04 Å². The van der Waals surface area contributed by atoms with E-state index in [-0.39, 0.29) is 6.79 Å². The molecule has 1 saturated heterocycles. The Morgan fingerprint density at radius 3 is 2.74 bits per heavy atom. The third kappa shape index (κ3) is 4.26. The molecule has 3 rings (SSSR count). The van der Waals surface area contributed by atoms with Crippen LogP contribution in [0.25, 0.3) is 17.2 Å². The second-order valence-corrected chi connectivity index (χ2v) is 7.24. The number of methoxy groups -OCH3 is 1. The van der Waals surface area contributed by atoms with E-state index in [1.54, 1.807) is 7.11 Å². The van der Waals surface area contributed by atoms with Crippen LogP contribution in [0.2, 0.25) is 0 Å². The Morgan fingerprint density at radius 2 is 2.04 bits per heavy atom. The number of aryl methyl sites for hydroxylation is 1. The average molecular weight is 366 g/mol. The van der Waals surface area contributed by atoms with E-state index < -0.39 is 0 Å². The van der Waals surface area contributed by atoms with Gasteiger partial charge in [-0.1, -0.05) is 50.3 Å². The van der Waals surface area contributed by atoms with Crippen molar-refractivity contribution in [2.24, 2.45) is 0 Å². The summed E-state index contributed by atoms with van der Waals surface area (Å²) in [6.07, 6.45) is 6.70. The maximum atomic E-state index is 5.92. The summed E-state index contributed by atoms with van der Waals surface area (Å²) in [4.78, 5) is 2.48. The lowest BCUT2D eigenvalue weighted by Gasteiger charge is -2.35. The Balaban J connectivity index is 2.17. The Hall–Kier alpha value is -2.10. The van der Waals surface area contributed by atoms with Crippen molar-refractivity contribution >= 4 is 6.08 Å². The van der Waals surface area contributed by atoms with Crippen LogP contribution < -0.4 is 4.74 Å². The normalized spacial score (nSPS) is 17.7. The second-order valence-electron chi connectivity index (χ2n) is 7.24. The number of ether oxygens (including phenoxy) is 2. The smallest absolute Gasteiger partial charge is 0.188 e. The Labute approximate surface area is 163 Å². The minimum Gasteiger partial charge on any atom is -0.467 e. The number of piperidine rings is 1. The first-order valence-electron chi connectivity index (χ1n) is 9.90.